The van der Waals surface area contributed by atoms with Gasteiger partial charge >= 0.3 is 12.3 Å². The molecule has 0 saturated carbocycles. The van der Waals surface area contributed by atoms with E-state index in [1.165, 1.54) is 6.07 Å². The van der Waals surface area contributed by atoms with E-state index in [1.54, 1.807) is 18.2 Å². The van der Waals surface area contributed by atoms with Crippen molar-refractivity contribution in [3.05, 3.63) is 52.5 Å². The van der Waals surface area contributed by atoms with Crippen LogP contribution in [0.1, 0.15) is 31.1 Å². The van der Waals surface area contributed by atoms with Crippen LogP contribution in [0.4, 0.5) is 18.0 Å². The number of nitrogens with two attached hydrogens (primary N) is 1. The molecule has 1 amide bonds. The molecular formula is C19H17ClF3NO3. The van der Waals surface area contributed by atoms with Gasteiger partial charge in [0.25, 0.3) is 0 Å². The second kappa shape index (κ2) is 6.64. The SMILES string of the molecule is CC1(C)COc2cc(-c3cc(C(F)(F)F)ccc3Cl)ccc2C1OC(N)=O. The fraction of sp³-hybridized carbons (Fsp3) is 0.316. The molecule has 2 aromatic carbocycles. The third-order valence-corrected chi connectivity index (χ3v) is 4.77. The van der Waals surface area contributed by atoms with Gasteiger partial charge in [-0.1, -0.05) is 37.6 Å². The normalized spacial score (nSPS) is 18.4. The van der Waals surface area contributed by atoms with Gasteiger partial charge in [-0.25, -0.2) is 4.79 Å². The van der Waals surface area contributed by atoms with Gasteiger partial charge in [0.05, 0.1) is 12.2 Å². The fourth-order valence-corrected chi connectivity index (χ4v) is 3.29. The number of alkyl halides is 3. The van der Waals surface area contributed by atoms with E-state index in [9.17, 15) is 18.0 Å². The maximum atomic E-state index is 13.0. The molecule has 144 valence electrons. The van der Waals surface area contributed by atoms with E-state index in [2.05, 4.69) is 0 Å². The molecule has 8 heteroatoms. The Bertz CT molecular complexity index is 896. The van der Waals surface area contributed by atoms with Crippen molar-refractivity contribution >= 4 is 17.7 Å². The van der Waals surface area contributed by atoms with Crippen LogP contribution in [-0.2, 0) is 10.9 Å². The Balaban J connectivity index is 2.06. The van der Waals surface area contributed by atoms with Crippen LogP contribution in [0.3, 0.4) is 0 Å². The topological polar surface area (TPSA) is 61.6 Å². The molecule has 0 aliphatic carbocycles. The molecule has 0 bridgehead atoms. The predicted octanol–water partition coefficient (Wildman–Crippen LogP) is 5.58. The van der Waals surface area contributed by atoms with Crippen LogP contribution in [0.15, 0.2) is 36.4 Å². The molecule has 1 heterocycles. The highest BCUT2D eigenvalue weighted by molar-refractivity contribution is 6.33. The lowest BCUT2D eigenvalue weighted by Gasteiger charge is -2.38. The standard InChI is InChI=1S/C19H17ClF3NO3/c1-18(2)9-26-15-7-10(3-5-12(15)16(18)27-17(24)25)13-8-11(19(21,22)23)4-6-14(13)20/h3-8,16H,9H2,1-2H3,(H2,24,25). The summed E-state index contributed by atoms with van der Waals surface area (Å²) in [7, 11) is 0. The van der Waals surface area contributed by atoms with E-state index in [1.807, 2.05) is 13.8 Å². The summed E-state index contributed by atoms with van der Waals surface area (Å²) >= 11 is 6.11. The number of benzene rings is 2. The second-order valence-corrected chi connectivity index (χ2v) is 7.45. The van der Waals surface area contributed by atoms with E-state index in [0.29, 0.717) is 16.9 Å². The average Bonchev–Trinajstić information content (AvgIpc) is 2.56. The van der Waals surface area contributed by atoms with Crippen molar-refractivity contribution in [2.24, 2.45) is 11.1 Å². The first-order valence-electron chi connectivity index (χ1n) is 8.09. The Labute approximate surface area is 159 Å². The summed E-state index contributed by atoms with van der Waals surface area (Å²) < 4.78 is 50.1. The molecule has 0 saturated heterocycles. The Morgan fingerprint density at radius 1 is 1.26 bits per heavy atom. The first kappa shape index (κ1) is 19.4. The fourth-order valence-electron chi connectivity index (χ4n) is 3.07. The highest BCUT2D eigenvalue weighted by atomic mass is 35.5. The van der Waals surface area contributed by atoms with Crippen molar-refractivity contribution in [2.45, 2.75) is 26.1 Å². The van der Waals surface area contributed by atoms with Gasteiger partial charge in [-0.2, -0.15) is 13.2 Å². The summed E-state index contributed by atoms with van der Waals surface area (Å²) in [6.07, 6.45) is -6.02. The average molecular weight is 400 g/mol. The van der Waals surface area contributed by atoms with Gasteiger partial charge in [-0.3, -0.25) is 0 Å². The Morgan fingerprint density at radius 3 is 2.59 bits per heavy atom. The number of carbonyl (C=O) groups excluding carboxylic acids is 1. The number of hydrogen-bond donors (Lipinski definition) is 1. The van der Waals surface area contributed by atoms with Gasteiger partial charge in [-0.05, 0) is 29.8 Å². The second-order valence-electron chi connectivity index (χ2n) is 7.04. The highest BCUT2D eigenvalue weighted by Crippen LogP contribution is 2.47. The molecule has 0 radical (unpaired) electrons. The number of hydrogen-bond acceptors (Lipinski definition) is 3. The van der Waals surface area contributed by atoms with Gasteiger partial charge in [0.1, 0.15) is 11.9 Å². The minimum absolute atomic E-state index is 0.184. The first-order chi connectivity index (χ1) is 12.5. The minimum Gasteiger partial charge on any atom is -0.492 e. The van der Waals surface area contributed by atoms with Crippen LogP contribution in [0.2, 0.25) is 5.02 Å². The van der Waals surface area contributed by atoms with Crippen molar-refractivity contribution in [2.75, 3.05) is 6.61 Å². The van der Waals surface area contributed by atoms with Gasteiger partial charge < -0.3 is 15.2 Å². The summed E-state index contributed by atoms with van der Waals surface area (Å²) in [6, 6.07) is 7.98. The van der Waals surface area contributed by atoms with Crippen LogP contribution >= 0.6 is 11.6 Å². The Kier molecular flexibility index (Phi) is 4.76. The van der Waals surface area contributed by atoms with Crippen molar-refractivity contribution in [1.29, 1.82) is 0 Å². The first-order valence-corrected chi connectivity index (χ1v) is 8.47. The summed E-state index contributed by atoms with van der Waals surface area (Å²) in [5.41, 5.74) is 5.15. The largest absolute Gasteiger partial charge is 0.492 e. The van der Waals surface area contributed by atoms with Crippen molar-refractivity contribution < 1.29 is 27.4 Å². The number of ether oxygens (including phenoxy) is 2. The van der Waals surface area contributed by atoms with Crippen LogP contribution in [-0.4, -0.2) is 12.7 Å². The quantitative estimate of drug-likeness (QED) is 0.717. The molecule has 2 aromatic rings. The third-order valence-electron chi connectivity index (χ3n) is 4.44. The molecule has 0 spiro atoms. The zero-order valence-electron chi connectivity index (χ0n) is 14.6. The molecule has 3 rings (SSSR count). The Morgan fingerprint density at radius 2 is 1.96 bits per heavy atom. The van der Waals surface area contributed by atoms with Gasteiger partial charge in [-0.15, -0.1) is 0 Å². The van der Waals surface area contributed by atoms with Crippen molar-refractivity contribution in [1.82, 2.24) is 0 Å². The molecule has 1 atom stereocenters. The molecule has 4 nitrogen and oxygen atoms in total. The lowest BCUT2D eigenvalue weighted by molar-refractivity contribution is -0.137. The molecule has 1 aliphatic heterocycles. The number of amides is 1. The van der Waals surface area contributed by atoms with E-state index < -0.39 is 29.4 Å². The van der Waals surface area contributed by atoms with Crippen molar-refractivity contribution in [3.63, 3.8) is 0 Å². The maximum Gasteiger partial charge on any atom is 0.416 e. The van der Waals surface area contributed by atoms with E-state index in [4.69, 9.17) is 26.8 Å². The summed E-state index contributed by atoms with van der Waals surface area (Å²) in [5, 5.41) is 0.184. The maximum absolute atomic E-state index is 13.0. The van der Waals surface area contributed by atoms with E-state index in [0.717, 1.165) is 12.1 Å². The lowest BCUT2D eigenvalue weighted by atomic mass is 9.80. The van der Waals surface area contributed by atoms with Gasteiger partial charge in [0, 0.05) is 21.6 Å². The van der Waals surface area contributed by atoms with Crippen LogP contribution in [0.5, 0.6) is 5.75 Å². The van der Waals surface area contributed by atoms with E-state index >= 15 is 0 Å². The van der Waals surface area contributed by atoms with E-state index in [-0.39, 0.29) is 17.2 Å². The molecular weight excluding hydrogens is 383 g/mol. The smallest absolute Gasteiger partial charge is 0.416 e. The van der Waals surface area contributed by atoms with Crippen molar-refractivity contribution in [3.8, 4) is 16.9 Å². The number of carbonyl (C=O) groups is 1. The monoisotopic (exact) mass is 399 g/mol. The van der Waals surface area contributed by atoms with Crippen LogP contribution in [0.25, 0.3) is 11.1 Å². The zero-order valence-corrected chi connectivity index (χ0v) is 15.3. The molecule has 1 unspecified atom stereocenters. The highest BCUT2D eigenvalue weighted by Gasteiger charge is 2.40. The number of rotatable bonds is 2. The van der Waals surface area contributed by atoms with Crippen LogP contribution < -0.4 is 10.5 Å². The number of halogens is 4. The minimum atomic E-state index is -4.48. The van der Waals surface area contributed by atoms with Gasteiger partial charge in [0.15, 0.2) is 0 Å². The number of primary amides is 1. The third kappa shape index (κ3) is 3.83. The molecule has 27 heavy (non-hydrogen) atoms. The molecule has 1 aliphatic rings. The molecule has 2 N–H and O–H groups in total. The summed E-state index contributed by atoms with van der Waals surface area (Å²) in [5.74, 6) is 0.409. The molecule has 0 fully saturated rings. The van der Waals surface area contributed by atoms with Gasteiger partial charge in [0.2, 0.25) is 0 Å². The molecule has 0 aromatic heterocycles. The Hall–Kier alpha value is -2.41. The number of fused-ring (bicyclic) bond motifs is 1. The lowest BCUT2D eigenvalue weighted by Crippen LogP contribution is -2.37. The summed E-state index contributed by atoms with van der Waals surface area (Å²) in [4.78, 5) is 11.3. The predicted molar refractivity (Wildman–Crippen MR) is 94.6 cm³/mol. The zero-order chi connectivity index (χ0) is 20.0. The summed E-state index contributed by atoms with van der Waals surface area (Å²) in [6.45, 7) is 3.97. The van der Waals surface area contributed by atoms with Crippen LogP contribution in [0, 0.1) is 5.41 Å².